The van der Waals surface area contributed by atoms with Gasteiger partial charge in [0.25, 0.3) is 0 Å². The molecule has 3 heterocycles. The van der Waals surface area contributed by atoms with Gasteiger partial charge >= 0.3 is 0 Å². The van der Waals surface area contributed by atoms with Gasteiger partial charge < -0.3 is 19.5 Å². The largest absolute Gasteiger partial charge is 0.374 e. The Morgan fingerprint density at radius 1 is 1.21 bits per heavy atom. The van der Waals surface area contributed by atoms with Crippen molar-refractivity contribution in [2.45, 2.75) is 52.7 Å². The predicted molar refractivity (Wildman–Crippen MR) is 115 cm³/mol. The lowest BCUT2D eigenvalue weighted by Gasteiger charge is -2.22. The lowest BCUT2D eigenvalue weighted by Crippen LogP contribution is -2.22. The lowest BCUT2D eigenvalue weighted by atomic mass is 10.1. The Morgan fingerprint density at radius 3 is 2.64 bits per heavy atom. The quantitative estimate of drug-likeness (QED) is 0.720. The van der Waals surface area contributed by atoms with Crippen molar-refractivity contribution < 1.29 is 9.26 Å². The van der Waals surface area contributed by atoms with E-state index in [1.54, 1.807) is 0 Å². The Balaban J connectivity index is 0.00000196. The van der Waals surface area contributed by atoms with E-state index in [0.717, 1.165) is 54.7 Å². The molecule has 0 unspecified atom stereocenters. The van der Waals surface area contributed by atoms with Gasteiger partial charge in [-0.3, -0.25) is 0 Å². The summed E-state index contributed by atoms with van der Waals surface area (Å²) in [6, 6.07) is 2.03. The fraction of sp³-hybridized carbons (Fsp3) is 0.632. The molecule has 0 atom stereocenters. The monoisotopic (exact) mass is 431 g/mol. The maximum atomic E-state index is 5.54. The standard InChI is InChI=1S/C19H29N5O2.2ClH/c1-5-25-12-18-21-16-7-9-20-8-6-15(16)19(22-18)24(4)11-14-10-17(13(2)3)23-26-14;;/h10,13,20H,5-9,11-12H2,1-4H3;2*1H. The molecule has 158 valence electrons. The average Bonchev–Trinajstić information content (AvgIpc) is 2.96. The smallest absolute Gasteiger partial charge is 0.156 e. The van der Waals surface area contributed by atoms with Crippen molar-refractivity contribution in [2.75, 3.05) is 31.6 Å². The van der Waals surface area contributed by atoms with Crippen molar-refractivity contribution in [3.8, 4) is 0 Å². The van der Waals surface area contributed by atoms with E-state index < -0.39 is 0 Å². The number of nitrogens with one attached hydrogen (secondary N) is 1. The minimum atomic E-state index is 0. The van der Waals surface area contributed by atoms with Gasteiger partial charge in [0.05, 0.1) is 17.9 Å². The zero-order valence-corrected chi connectivity index (χ0v) is 18.7. The van der Waals surface area contributed by atoms with Crippen LogP contribution in [0.15, 0.2) is 10.6 Å². The van der Waals surface area contributed by atoms with Crippen LogP contribution >= 0.6 is 24.8 Å². The summed E-state index contributed by atoms with van der Waals surface area (Å²) in [6.45, 7) is 9.83. The van der Waals surface area contributed by atoms with Crippen molar-refractivity contribution in [1.29, 1.82) is 0 Å². The van der Waals surface area contributed by atoms with Gasteiger partial charge in [-0.2, -0.15) is 0 Å². The summed E-state index contributed by atoms with van der Waals surface area (Å²) in [5, 5.41) is 7.60. The number of ether oxygens (including phenoxy) is 1. The van der Waals surface area contributed by atoms with E-state index in [4.69, 9.17) is 19.2 Å². The van der Waals surface area contributed by atoms with Crippen LogP contribution in [0.4, 0.5) is 5.82 Å². The van der Waals surface area contributed by atoms with Crippen molar-refractivity contribution in [2.24, 2.45) is 0 Å². The second kappa shape index (κ2) is 11.6. The van der Waals surface area contributed by atoms with Gasteiger partial charge in [-0.1, -0.05) is 19.0 Å². The Kier molecular flexibility index (Phi) is 10.2. The van der Waals surface area contributed by atoms with E-state index in [-0.39, 0.29) is 24.8 Å². The van der Waals surface area contributed by atoms with Crippen LogP contribution in [0.1, 0.15) is 55.2 Å². The van der Waals surface area contributed by atoms with E-state index in [0.29, 0.717) is 25.7 Å². The first-order valence-corrected chi connectivity index (χ1v) is 9.42. The third-order valence-corrected chi connectivity index (χ3v) is 4.57. The van der Waals surface area contributed by atoms with Gasteiger partial charge in [0.1, 0.15) is 12.4 Å². The van der Waals surface area contributed by atoms with Crippen LogP contribution in [-0.2, 0) is 30.7 Å². The zero-order chi connectivity index (χ0) is 18.5. The van der Waals surface area contributed by atoms with Crippen LogP contribution < -0.4 is 10.2 Å². The van der Waals surface area contributed by atoms with Crippen molar-refractivity contribution in [3.05, 3.63) is 34.6 Å². The van der Waals surface area contributed by atoms with Crippen LogP contribution in [0.2, 0.25) is 0 Å². The summed E-state index contributed by atoms with van der Waals surface area (Å²) in [6.07, 6.45) is 1.84. The average molecular weight is 432 g/mol. The first kappa shape index (κ1) is 24.6. The van der Waals surface area contributed by atoms with E-state index in [2.05, 4.69) is 29.2 Å². The van der Waals surface area contributed by atoms with E-state index >= 15 is 0 Å². The van der Waals surface area contributed by atoms with Crippen LogP contribution in [0, 0.1) is 0 Å². The Bertz CT molecular complexity index is 739. The molecule has 1 aliphatic rings. The third kappa shape index (κ3) is 6.04. The van der Waals surface area contributed by atoms with Crippen LogP contribution in [0.5, 0.6) is 0 Å². The first-order valence-electron chi connectivity index (χ1n) is 9.42. The molecule has 9 heteroatoms. The summed E-state index contributed by atoms with van der Waals surface area (Å²) < 4.78 is 11.0. The molecule has 2 aromatic heterocycles. The van der Waals surface area contributed by atoms with Gasteiger partial charge in [0, 0.05) is 38.2 Å². The number of hydrogen-bond donors (Lipinski definition) is 1. The predicted octanol–water partition coefficient (Wildman–Crippen LogP) is 3.29. The van der Waals surface area contributed by atoms with Gasteiger partial charge in [-0.15, -0.1) is 24.8 Å². The number of halogens is 2. The van der Waals surface area contributed by atoms with E-state index in [1.165, 1.54) is 5.56 Å². The Labute approximate surface area is 179 Å². The molecule has 1 aliphatic heterocycles. The summed E-state index contributed by atoms with van der Waals surface area (Å²) >= 11 is 0. The number of anilines is 1. The number of nitrogens with zero attached hydrogens (tertiary/aromatic N) is 4. The molecule has 7 nitrogen and oxygen atoms in total. The number of aromatic nitrogens is 3. The maximum Gasteiger partial charge on any atom is 0.156 e. The molecular weight excluding hydrogens is 401 g/mol. The minimum absolute atomic E-state index is 0. The molecule has 0 saturated heterocycles. The van der Waals surface area contributed by atoms with Gasteiger partial charge in [-0.25, -0.2) is 9.97 Å². The first-order chi connectivity index (χ1) is 12.6. The summed E-state index contributed by atoms with van der Waals surface area (Å²) in [5.41, 5.74) is 3.33. The second-order valence-corrected chi connectivity index (χ2v) is 7.00. The minimum Gasteiger partial charge on any atom is -0.374 e. The van der Waals surface area contributed by atoms with Crippen LogP contribution in [0.25, 0.3) is 0 Å². The highest BCUT2D eigenvalue weighted by Gasteiger charge is 2.20. The molecule has 0 saturated carbocycles. The molecule has 1 N–H and O–H groups in total. The SMILES string of the molecule is CCOCc1nc2c(c(N(C)Cc3cc(C(C)C)no3)n1)CCNCC2.Cl.Cl. The topological polar surface area (TPSA) is 76.3 Å². The second-order valence-electron chi connectivity index (χ2n) is 7.00. The Morgan fingerprint density at radius 2 is 1.96 bits per heavy atom. The molecule has 0 amide bonds. The maximum absolute atomic E-state index is 5.54. The van der Waals surface area contributed by atoms with Crippen molar-refractivity contribution >= 4 is 30.6 Å². The fourth-order valence-electron chi connectivity index (χ4n) is 3.13. The van der Waals surface area contributed by atoms with Crippen molar-refractivity contribution in [1.82, 2.24) is 20.4 Å². The summed E-state index contributed by atoms with van der Waals surface area (Å²) in [4.78, 5) is 11.7. The van der Waals surface area contributed by atoms with Crippen LogP contribution in [0.3, 0.4) is 0 Å². The molecule has 0 fully saturated rings. The number of hydrogen-bond acceptors (Lipinski definition) is 7. The van der Waals surface area contributed by atoms with Crippen LogP contribution in [-0.4, -0.2) is 41.9 Å². The molecule has 0 aliphatic carbocycles. The Hall–Kier alpha value is -1.41. The summed E-state index contributed by atoms with van der Waals surface area (Å²) in [7, 11) is 2.04. The molecular formula is C19H31Cl2N5O2. The highest BCUT2D eigenvalue weighted by atomic mass is 35.5. The highest BCUT2D eigenvalue weighted by Crippen LogP contribution is 2.25. The fourth-order valence-corrected chi connectivity index (χ4v) is 3.13. The lowest BCUT2D eigenvalue weighted by molar-refractivity contribution is 0.128. The summed E-state index contributed by atoms with van der Waals surface area (Å²) in [5.74, 6) is 2.92. The molecule has 2 aromatic rings. The molecule has 0 spiro atoms. The van der Waals surface area contributed by atoms with Crippen molar-refractivity contribution in [3.63, 3.8) is 0 Å². The van der Waals surface area contributed by atoms with E-state index in [1.807, 2.05) is 20.0 Å². The number of fused-ring (bicyclic) bond motifs is 1. The number of rotatable bonds is 7. The molecule has 0 aromatic carbocycles. The van der Waals surface area contributed by atoms with Gasteiger partial charge in [0.2, 0.25) is 0 Å². The van der Waals surface area contributed by atoms with Gasteiger partial charge in [0.15, 0.2) is 11.6 Å². The third-order valence-electron chi connectivity index (χ3n) is 4.57. The van der Waals surface area contributed by atoms with E-state index in [9.17, 15) is 0 Å². The molecule has 28 heavy (non-hydrogen) atoms. The molecule has 3 rings (SSSR count). The zero-order valence-electron chi connectivity index (χ0n) is 17.0. The molecule has 0 bridgehead atoms. The van der Waals surface area contributed by atoms with Gasteiger partial charge in [-0.05, 0) is 25.8 Å². The normalized spacial score (nSPS) is 13.3. The highest BCUT2D eigenvalue weighted by molar-refractivity contribution is 5.85. The molecule has 0 radical (unpaired) electrons.